The number of piperazine rings is 1. The average molecular weight is 244 g/mol. The normalized spacial score (nSPS) is 20.4. The van der Waals surface area contributed by atoms with Crippen LogP contribution in [0.15, 0.2) is 0 Å². The van der Waals surface area contributed by atoms with Crippen LogP contribution in [0.5, 0.6) is 0 Å². The third-order valence-electron chi connectivity index (χ3n) is 3.65. The van der Waals surface area contributed by atoms with Crippen LogP contribution in [-0.2, 0) is 4.43 Å². The summed E-state index contributed by atoms with van der Waals surface area (Å²) in [7, 11) is 3.07. The predicted octanol–water partition coefficient (Wildman–Crippen LogP) is 0.480. The van der Waals surface area contributed by atoms with E-state index >= 15 is 0 Å². The van der Waals surface area contributed by atoms with E-state index in [1.807, 2.05) is 0 Å². The zero-order valence-corrected chi connectivity index (χ0v) is 13.5. The fourth-order valence-corrected chi connectivity index (χ4v) is 2.26. The Bertz CT molecular complexity index is 191. The average Bonchev–Trinajstić information content (AvgIpc) is 2.27. The van der Waals surface area contributed by atoms with Gasteiger partial charge in [-0.05, 0) is 46.7 Å². The lowest BCUT2D eigenvalue weighted by atomic mass is 10.0. The minimum atomic E-state index is 0.119. The highest BCUT2D eigenvalue weighted by Crippen LogP contribution is 2.16. The summed E-state index contributed by atoms with van der Waals surface area (Å²) in [5.74, 6) is 0. The molecule has 1 aliphatic heterocycles. The number of nitrogens with zero attached hydrogens (tertiary/aromatic N) is 2. The quantitative estimate of drug-likeness (QED) is 0.499. The highest BCUT2D eigenvalue weighted by atomic mass is 28.2. The molecule has 1 aliphatic rings. The number of rotatable bonds is 6. The molecule has 1 fully saturated rings. The van der Waals surface area contributed by atoms with E-state index in [1.54, 1.807) is 0 Å². The Morgan fingerprint density at radius 3 is 2.31 bits per heavy atom. The Labute approximate surface area is 104 Å². The van der Waals surface area contributed by atoms with E-state index in [4.69, 9.17) is 4.43 Å². The van der Waals surface area contributed by atoms with Crippen LogP contribution < -0.4 is 0 Å². The summed E-state index contributed by atoms with van der Waals surface area (Å²) < 4.78 is 5.56. The molecule has 1 heterocycles. The summed E-state index contributed by atoms with van der Waals surface area (Å²) in [5, 5.41) is 0. The van der Waals surface area contributed by atoms with Crippen LogP contribution in [0.25, 0.3) is 0 Å². The van der Waals surface area contributed by atoms with Crippen LogP contribution in [0.2, 0.25) is 0 Å². The molecule has 16 heavy (non-hydrogen) atoms. The van der Waals surface area contributed by atoms with Crippen molar-refractivity contribution in [3.8, 4) is 0 Å². The van der Waals surface area contributed by atoms with Crippen LogP contribution in [-0.4, -0.2) is 65.7 Å². The third-order valence-corrected chi connectivity index (χ3v) is 4.76. The molecule has 1 saturated heterocycles. The van der Waals surface area contributed by atoms with Gasteiger partial charge in [0.05, 0.1) is 0 Å². The number of likely N-dealkylation sites (N-methyl/N-ethyl adjacent to an activating group) is 1. The van der Waals surface area contributed by atoms with E-state index in [9.17, 15) is 0 Å². The van der Waals surface area contributed by atoms with Gasteiger partial charge in [0.25, 0.3) is 0 Å². The highest BCUT2D eigenvalue weighted by Gasteiger charge is 2.16. The van der Waals surface area contributed by atoms with Gasteiger partial charge < -0.3 is 14.2 Å². The molecule has 0 amide bonds. The van der Waals surface area contributed by atoms with Crippen LogP contribution in [0.4, 0.5) is 0 Å². The van der Waals surface area contributed by atoms with Crippen LogP contribution in [0, 0.1) is 0 Å². The first-order valence-corrected chi connectivity index (χ1v) is 7.31. The molecule has 0 aromatic rings. The number of unbranched alkanes of at least 4 members (excludes halogenated alkanes) is 1. The van der Waals surface area contributed by atoms with E-state index in [0.29, 0.717) is 0 Å². The Kier molecular flexibility index (Phi) is 5.96. The summed E-state index contributed by atoms with van der Waals surface area (Å²) in [6.45, 7) is 10.6. The first-order valence-electron chi connectivity index (χ1n) is 6.49. The van der Waals surface area contributed by atoms with Gasteiger partial charge in [0, 0.05) is 31.8 Å². The van der Waals surface area contributed by atoms with Crippen molar-refractivity contribution in [2.45, 2.75) is 38.7 Å². The second-order valence-electron chi connectivity index (χ2n) is 5.57. The van der Waals surface area contributed by atoms with Crippen molar-refractivity contribution < 1.29 is 4.43 Å². The third kappa shape index (κ3) is 5.43. The second kappa shape index (κ2) is 6.74. The molecule has 0 saturated carbocycles. The van der Waals surface area contributed by atoms with E-state index < -0.39 is 0 Å². The monoisotopic (exact) mass is 244 g/mol. The molecule has 0 aliphatic carbocycles. The summed E-state index contributed by atoms with van der Waals surface area (Å²) in [5.41, 5.74) is 0.119. The summed E-state index contributed by atoms with van der Waals surface area (Å²) in [6, 6.07) is 0. The smallest absolute Gasteiger partial charge is 0.146 e. The SMILES string of the molecule is CN1CCN(CCCCC(C)(C)O[SiH3])CC1. The molecule has 0 spiro atoms. The van der Waals surface area contributed by atoms with Gasteiger partial charge in [-0.25, -0.2) is 0 Å². The largest absolute Gasteiger partial charge is 0.423 e. The second-order valence-corrected chi connectivity index (χ2v) is 5.97. The van der Waals surface area contributed by atoms with Crippen molar-refractivity contribution >= 4 is 10.5 Å². The van der Waals surface area contributed by atoms with Crippen LogP contribution in [0.3, 0.4) is 0 Å². The molecule has 3 nitrogen and oxygen atoms in total. The van der Waals surface area contributed by atoms with E-state index in [0.717, 1.165) is 10.5 Å². The van der Waals surface area contributed by atoms with Crippen molar-refractivity contribution in [3.63, 3.8) is 0 Å². The van der Waals surface area contributed by atoms with Crippen molar-refractivity contribution in [1.29, 1.82) is 0 Å². The van der Waals surface area contributed by atoms with Crippen LogP contribution in [0.1, 0.15) is 33.1 Å². The molecule has 0 radical (unpaired) electrons. The lowest BCUT2D eigenvalue weighted by Gasteiger charge is -2.32. The van der Waals surface area contributed by atoms with Gasteiger partial charge in [-0.2, -0.15) is 0 Å². The van der Waals surface area contributed by atoms with Crippen LogP contribution >= 0.6 is 0 Å². The molecule has 0 unspecified atom stereocenters. The number of hydrogen-bond donors (Lipinski definition) is 0. The Hall–Kier alpha value is 0.0969. The van der Waals surface area contributed by atoms with Gasteiger partial charge in [-0.15, -0.1) is 0 Å². The number of hydrogen-bond acceptors (Lipinski definition) is 3. The zero-order chi connectivity index (χ0) is 12.0. The molecular weight excluding hydrogens is 216 g/mol. The topological polar surface area (TPSA) is 15.7 Å². The van der Waals surface area contributed by atoms with Gasteiger partial charge in [0.2, 0.25) is 0 Å². The Morgan fingerprint density at radius 1 is 1.12 bits per heavy atom. The Balaban J connectivity index is 2.03. The molecule has 0 bridgehead atoms. The molecule has 0 atom stereocenters. The molecule has 0 aromatic heterocycles. The first-order chi connectivity index (χ1) is 7.53. The van der Waals surface area contributed by atoms with Gasteiger partial charge in [0.1, 0.15) is 10.5 Å². The van der Waals surface area contributed by atoms with Crippen molar-refractivity contribution in [2.75, 3.05) is 39.8 Å². The molecule has 0 aromatic carbocycles. The fraction of sp³-hybridized carbons (Fsp3) is 1.00. The Morgan fingerprint density at radius 2 is 1.75 bits per heavy atom. The van der Waals surface area contributed by atoms with E-state index in [1.165, 1.54) is 52.0 Å². The van der Waals surface area contributed by atoms with E-state index in [-0.39, 0.29) is 5.60 Å². The summed E-state index contributed by atoms with van der Waals surface area (Å²) in [6.07, 6.45) is 3.81. The van der Waals surface area contributed by atoms with Gasteiger partial charge in [-0.3, -0.25) is 0 Å². The van der Waals surface area contributed by atoms with Gasteiger partial charge in [0.15, 0.2) is 0 Å². The lowest BCUT2D eigenvalue weighted by Crippen LogP contribution is -2.44. The molecule has 4 heteroatoms. The fourth-order valence-electron chi connectivity index (χ4n) is 2.06. The lowest BCUT2D eigenvalue weighted by molar-refractivity contribution is 0.105. The molecule has 0 N–H and O–H groups in total. The molecule has 1 rings (SSSR count). The molecule has 96 valence electrons. The van der Waals surface area contributed by atoms with E-state index in [2.05, 4.69) is 30.7 Å². The minimum absolute atomic E-state index is 0.119. The standard InChI is InChI=1S/C12H28N2OSi/c1-12(2,15-16)6-4-5-7-14-10-8-13(3)9-11-14/h4-11H2,1-3,16H3. The summed E-state index contributed by atoms with van der Waals surface area (Å²) >= 11 is 0. The maximum absolute atomic E-state index is 5.56. The zero-order valence-electron chi connectivity index (χ0n) is 11.5. The first kappa shape index (κ1) is 14.2. The van der Waals surface area contributed by atoms with Gasteiger partial charge >= 0.3 is 0 Å². The minimum Gasteiger partial charge on any atom is -0.423 e. The maximum atomic E-state index is 5.56. The van der Waals surface area contributed by atoms with Crippen molar-refractivity contribution in [3.05, 3.63) is 0 Å². The van der Waals surface area contributed by atoms with Crippen molar-refractivity contribution in [2.24, 2.45) is 0 Å². The van der Waals surface area contributed by atoms with Crippen molar-refractivity contribution in [1.82, 2.24) is 9.80 Å². The highest BCUT2D eigenvalue weighted by molar-refractivity contribution is 5.98. The predicted molar refractivity (Wildman–Crippen MR) is 72.9 cm³/mol. The summed E-state index contributed by atoms with van der Waals surface area (Å²) in [4.78, 5) is 5.00. The molecular formula is C12H28N2OSi. The van der Waals surface area contributed by atoms with Gasteiger partial charge in [-0.1, -0.05) is 0 Å². The maximum Gasteiger partial charge on any atom is 0.146 e.